The van der Waals surface area contributed by atoms with Crippen LogP contribution in [0.15, 0.2) is 101 Å². The Morgan fingerprint density at radius 3 is 2.10 bits per heavy atom. The molecule has 3 heterocycles. The van der Waals surface area contributed by atoms with Crippen molar-refractivity contribution in [3.63, 3.8) is 0 Å². The molecule has 0 aliphatic carbocycles. The van der Waals surface area contributed by atoms with Crippen molar-refractivity contribution in [2.24, 2.45) is 0 Å². The summed E-state index contributed by atoms with van der Waals surface area (Å²) in [5.41, 5.74) is 7.40. The number of rotatable bonds is 4. The summed E-state index contributed by atoms with van der Waals surface area (Å²) in [5, 5.41) is 4.66. The third kappa shape index (κ3) is 4.57. The fourth-order valence-corrected chi connectivity index (χ4v) is 5.70. The van der Waals surface area contributed by atoms with Crippen LogP contribution < -0.4 is 4.74 Å². The molecule has 4 aromatic carbocycles. The molecule has 0 radical (unpaired) electrons. The van der Waals surface area contributed by atoms with Crippen LogP contribution in [0.3, 0.4) is 0 Å². The Morgan fingerprint density at radius 1 is 0.571 bits per heavy atom. The van der Waals surface area contributed by atoms with Crippen molar-refractivity contribution in [2.75, 3.05) is 0 Å². The molecule has 7 aromatic rings. The first-order valence-corrected chi connectivity index (χ1v) is 14.5. The zero-order chi connectivity index (χ0) is 29.2. The van der Waals surface area contributed by atoms with Gasteiger partial charge in [-0.2, -0.15) is 0 Å². The van der Waals surface area contributed by atoms with E-state index in [-0.39, 0.29) is 10.8 Å². The van der Waals surface area contributed by atoms with Crippen LogP contribution in [0.25, 0.3) is 55.2 Å². The highest BCUT2D eigenvalue weighted by Gasteiger charge is 2.24. The van der Waals surface area contributed by atoms with Gasteiger partial charge in [0.1, 0.15) is 11.2 Å². The topological polar surface area (TPSA) is 48.2 Å². The summed E-state index contributed by atoms with van der Waals surface area (Å²) >= 11 is 0. The average molecular weight is 551 g/mol. The van der Waals surface area contributed by atoms with E-state index in [2.05, 4.69) is 102 Å². The van der Waals surface area contributed by atoms with E-state index in [9.17, 15) is 0 Å². The van der Waals surface area contributed by atoms with Crippen molar-refractivity contribution >= 4 is 32.7 Å². The largest absolute Gasteiger partial charge is 0.456 e. The van der Waals surface area contributed by atoms with Crippen LogP contribution in [0.5, 0.6) is 11.8 Å². The Balaban J connectivity index is 1.38. The average Bonchev–Trinajstić information content (AvgIpc) is 3.35. The van der Waals surface area contributed by atoms with E-state index in [0.717, 1.165) is 55.6 Å². The van der Waals surface area contributed by atoms with Crippen molar-refractivity contribution in [3.05, 3.63) is 108 Å². The predicted molar refractivity (Wildman–Crippen MR) is 173 cm³/mol. The number of nitrogens with zero attached hydrogens (tertiary/aromatic N) is 2. The van der Waals surface area contributed by atoms with Gasteiger partial charge in [0.25, 0.3) is 0 Å². The molecule has 42 heavy (non-hydrogen) atoms. The van der Waals surface area contributed by atoms with Crippen LogP contribution in [0.2, 0.25) is 0 Å². The van der Waals surface area contributed by atoms with E-state index in [1.807, 2.05) is 36.4 Å². The van der Waals surface area contributed by atoms with Crippen LogP contribution in [0.1, 0.15) is 52.7 Å². The van der Waals surface area contributed by atoms with E-state index in [4.69, 9.17) is 19.1 Å². The van der Waals surface area contributed by atoms with Crippen LogP contribution in [0.4, 0.5) is 0 Å². The standard InChI is InChI=1S/C38H34N2O2/c1-37(2,3)27-21-30(26-19-25-16-15-24-13-10-14-31-34(24)35(25)32(20-26)41-31)39-33(22-27)42-36-28(38(4,5)6)17-18-29(40-36)23-11-8-7-9-12-23/h7-22H,1-6H3. The molecule has 0 unspecified atom stereocenters. The van der Waals surface area contributed by atoms with Gasteiger partial charge in [0.2, 0.25) is 11.8 Å². The number of benzene rings is 4. The van der Waals surface area contributed by atoms with E-state index < -0.39 is 0 Å². The lowest BCUT2D eigenvalue weighted by Gasteiger charge is -2.24. The fourth-order valence-electron chi connectivity index (χ4n) is 5.70. The van der Waals surface area contributed by atoms with Crippen LogP contribution in [-0.4, -0.2) is 9.97 Å². The van der Waals surface area contributed by atoms with Crippen LogP contribution in [0, 0.1) is 0 Å². The molecule has 0 bridgehead atoms. The monoisotopic (exact) mass is 550 g/mol. The highest BCUT2D eigenvalue weighted by molar-refractivity contribution is 6.22. The van der Waals surface area contributed by atoms with Gasteiger partial charge in [-0.15, -0.1) is 0 Å². The van der Waals surface area contributed by atoms with Crippen molar-refractivity contribution in [1.29, 1.82) is 0 Å². The first-order valence-electron chi connectivity index (χ1n) is 14.5. The van der Waals surface area contributed by atoms with Gasteiger partial charge in [-0.1, -0.05) is 102 Å². The molecule has 4 heteroatoms. The number of pyridine rings is 2. The SMILES string of the molecule is CC(C)(C)c1cc(Oc2nc(-c3ccccc3)ccc2C(C)(C)C)nc(-c2cc3ccc4cccc5oc(c2)c3c45)c1. The van der Waals surface area contributed by atoms with E-state index >= 15 is 0 Å². The fraction of sp³-hybridized carbons (Fsp3) is 0.211. The Morgan fingerprint density at radius 2 is 1.33 bits per heavy atom. The normalized spacial score (nSPS) is 12.5. The lowest BCUT2D eigenvalue weighted by Crippen LogP contribution is -2.15. The molecule has 0 fully saturated rings. The molecule has 3 aromatic heterocycles. The van der Waals surface area contributed by atoms with Gasteiger partial charge in [-0.25, -0.2) is 9.97 Å². The van der Waals surface area contributed by atoms with E-state index in [1.54, 1.807) is 0 Å². The third-order valence-corrected chi connectivity index (χ3v) is 8.01. The quantitative estimate of drug-likeness (QED) is 0.205. The van der Waals surface area contributed by atoms with Crippen LogP contribution >= 0.6 is 0 Å². The van der Waals surface area contributed by atoms with Gasteiger partial charge in [0, 0.05) is 33.5 Å². The number of furan rings is 1. The van der Waals surface area contributed by atoms with E-state index in [1.165, 1.54) is 10.8 Å². The highest BCUT2D eigenvalue weighted by Crippen LogP contribution is 2.41. The maximum atomic E-state index is 6.64. The molecule has 0 aliphatic rings. The molecule has 0 amide bonds. The molecule has 7 rings (SSSR count). The summed E-state index contributed by atoms with van der Waals surface area (Å²) < 4.78 is 13.0. The molecule has 208 valence electrons. The number of hydrogen-bond acceptors (Lipinski definition) is 4. The van der Waals surface area contributed by atoms with Crippen molar-refractivity contribution in [1.82, 2.24) is 9.97 Å². The zero-order valence-electron chi connectivity index (χ0n) is 24.9. The molecule has 0 atom stereocenters. The number of ether oxygens (including phenoxy) is 1. The number of hydrogen-bond donors (Lipinski definition) is 0. The molecular formula is C38H34N2O2. The van der Waals surface area contributed by atoms with Gasteiger partial charge >= 0.3 is 0 Å². The van der Waals surface area contributed by atoms with Gasteiger partial charge in [0.15, 0.2) is 0 Å². The maximum absolute atomic E-state index is 6.64. The Bertz CT molecular complexity index is 2080. The third-order valence-electron chi connectivity index (χ3n) is 8.01. The molecule has 0 saturated carbocycles. The molecule has 0 N–H and O–H groups in total. The minimum Gasteiger partial charge on any atom is -0.456 e. The minimum absolute atomic E-state index is 0.117. The summed E-state index contributed by atoms with van der Waals surface area (Å²) in [6.07, 6.45) is 0. The lowest BCUT2D eigenvalue weighted by molar-refractivity contribution is 0.421. The summed E-state index contributed by atoms with van der Waals surface area (Å²) in [6.45, 7) is 13.2. The Hall–Kier alpha value is -4.70. The van der Waals surface area contributed by atoms with Crippen molar-refractivity contribution in [2.45, 2.75) is 52.4 Å². The second-order valence-corrected chi connectivity index (χ2v) is 13.2. The van der Waals surface area contributed by atoms with Gasteiger partial charge < -0.3 is 9.15 Å². The van der Waals surface area contributed by atoms with Gasteiger partial charge in [-0.05, 0) is 57.5 Å². The predicted octanol–water partition coefficient (Wildman–Crippen LogP) is 10.7. The van der Waals surface area contributed by atoms with Gasteiger partial charge in [-0.3, -0.25) is 0 Å². The lowest BCUT2D eigenvalue weighted by atomic mass is 9.86. The molecule has 0 saturated heterocycles. The van der Waals surface area contributed by atoms with Crippen LogP contribution in [-0.2, 0) is 10.8 Å². The summed E-state index contributed by atoms with van der Waals surface area (Å²) in [4.78, 5) is 10.1. The van der Waals surface area contributed by atoms with E-state index in [0.29, 0.717) is 11.8 Å². The highest BCUT2D eigenvalue weighted by atomic mass is 16.5. The zero-order valence-corrected chi connectivity index (χ0v) is 24.9. The number of aromatic nitrogens is 2. The van der Waals surface area contributed by atoms with Crippen molar-refractivity contribution < 1.29 is 9.15 Å². The second kappa shape index (κ2) is 9.42. The minimum atomic E-state index is -0.164. The maximum Gasteiger partial charge on any atom is 0.225 e. The smallest absolute Gasteiger partial charge is 0.225 e. The van der Waals surface area contributed by atoms with Crippen molar-refractivity contribution in [3.8, 4) is 34.3 Å². The first kappa shape index (κ1) is 26.2. The summed E-state index contributed by atoms with van der Waals surface area (Å²) in [5.74, 6) is 1.10. The molecule has 0 spiro atoms. The second-order valence-electron chi connectivity index (χ2n) is 13.2. The first-order chi connectivity index (χ1) is 20.0. The molecule has 0 aliphatic heterocycles. The molecule has 4 nitrogen and oxygen atoms in total. The summed E-state index contributed by atoms with van der Waals surface area (Å²) in [7, 11) is 0. The molecular weight excluding hydrogens is 516 g/mol. The Labute approximate surface area is 246 Å². The Kier molecular flexibility index (Phi) is 5.88. The van der Waals surface area contributed by atoms with Gasteiger partial charge in [0.05, 0.1) is 11.4 Å². The summed E-state index contributed by atoms with van der Waals surface area (Å²) in [6, 6.07) is 33.5.